The van der Waals surface area contributed by atoms with Gasteiger partial charge in [-0.3, -0.25) is 4.79 Å². The number of hydrogen-bond donors (Lipinski definition) is 1. The Morgan fingerprint density at radius 1 is 1.44 bits per heavy atom. The highest BCUT2D eigenvalue weighted by Gasteiger charge is 2.25. The van der Waals surface area contributed by atoms with Crippen molar-refractivity contribution in [1.29, 1.82) is 0 Å². The molecule has 98 valence electrons. The molecule has 1 rings (SSSR count). The molecule has 4 nitrogen and oxygen atoms in total. The van der Waals surface area contributed by atoms with Gasteiger partial charge in [0, 0.05) is 17.1 Å². The van der Waals surface area contributed by atoms with Crippen LogP contribution in [0.2, 0.25) is 0 Å². The van der Waals surface area contributed by atoms with Gasteiger partial charge in [-0.1, -0.05) is 28.9 Å². The molecule has 1 N–H and O–H groups in total. The summed E-state index contributed by atoms with van der Waals surface area (Å²) in [5.41, 5.74) is 1.51. The molecule has 1 aromatic carbocycles. The second-order valence-electron chi connectivity index (χ2n) is 4.14. The second-order valence-corrected chi connectivity index (χ2v) is 5.00. The molecule has 1 aromatic rings. The maximum absolute atomic E-state index is 12.2. The van der Waals surface area contributed by atoms with E-state index in [0.29, 0.717) is 12.0 Å². The first kappa shape index (κ1) is 14.7. The highest BCUT2D eigenvalue weighted by Crippen LogP contribution is 2.19. The molecule has 1 unspecified atom stereocenters. The fourth-order valence-electron chi connectivity index (χ4n) is 1.69. The first-order valence-corrected chi connectivity index (χ1v) is 6.43. The van der Waals surface area contributed by atoms with Crippen LogP contribution in [0.1, 0.15) is 29.3 Å². The van der Waals surface area contributed by atoms with Crippen molar-refractivity contribution in [2.45, 2.75) is 26.3 Å². The largest absolute Gasteiger partial charge is 0.480 e. The van der Waals surface area contributed by atoms with Gasteiger partial charge in [0.1, 0.15) is 6.04 Å². The minimum absolute atomic E-state index is 0.287. The van der Waals surface area contributed by atoms with Crippen molar-refractivity contribution in [3.63, 3.8) is 0 Å². The lowest BCUT2D eigenvalue weighted by Crippen LogP contribution is -2.41. The fraction of sp³-hybridized carbons (Fsp3) is 0.385. The number of amides is 1. The average Bonchev–Trinajstić information content (AvgIpc) is 2.32. The van der Waals surface area contributed by atoms with Crippen molar-refractivity contribution >= 4 is 27.8 Å². The van der Waals surface area contributed by atoms with Crippen molar-refractivity contribution in [3.05, 3.63) is 33.8 Å². The van der Waals surface area contributed by atoms with E-state index in [1.54, 1.807) is 19.1 Å². The third-order valence-corrected chi connectivity index (χ3v) is 3.73. The molecular weight excluding hydrogens is 298 g/mol. The van der Waals surface area contributed by atoms with E-state index in [1.165, 1.54) is 11.9 Å². The third kappa shape index (κ3) is 3.10. The van der Waals surface area contributed by atoms with Crippen LogP contribution < -0.4 is 0 Å². The molecule has 1 atom stereocenters. The smallest absolute Gasteiger partial charge is 0.326 e. The Labute approximate surface area is 115 Å². The summed E-state index contributed by atoms with van der Waals surface area (Å²) < 4.78 is 0.838. The van der Waals surface area contributed by atoms with E-state index in [2.05, 4.69) is 15.9 Å². The van der Waals surface area contributed by atoms with Crippen LogP contribution in [0.15, 0.2) is 22.7 Å². The van der Waals surface area contributed by atoms with Crippen molar-refractivity contribution in [3.8, 4) is 0 Å². The number of halogens is 1. The molecule has 0 aliphatic carbocycles. The van der Waals surface area contributed by atoms with Crippen LogP contribution in [0.4, 0.5) is 0 Å². The SMILES string of the molecule is CCC(C(=O)O)N(C)C(=O)c1ccc(C)c(Br)c1. The summed E-state index contributed by atoms with van der Waals surface area (Å²) >= 11 is 3.36. The maximum atomic E-state index is 12.2. The van der Waals surface area contributed by atoms with Gasteiger partial charge in [0.25, 0.3) is 5.91 Å². The predicted molar refractivity (Wildman–Crippen MR) is 72.7 cm³/mol. The molecule has 0 saturated carbocycles. The summed E-state index contributed by atoms with van der Waals surface area (Å²) in [6, 6.07) is 4.45. The number of likely N-dealkylation sites (N-methyl/N-ethyl adjacent to an activating group) is 1. The molecule has 18 heavy (non-hydrogen) atoms. The van der Waals surface area contributed by atoms with Crippen molar-refractivity contribution in [1.82, 2.24) is 4.90 Å². The van der Waals surface area contributed by atoms with Crippen molar-refractivity contribution in [2.24, 2.45) is 0 Å². The predicted octanol–water partition coefficient (Wildman–Crippen LogP) is 2.69. The van der Waals surface area contributed by atoms with E-state index >= 15 is 0 Å². The molecule has 5 heteroatoms. The molecular formula is C13H16BrNO3. The van der Waals surface area contributed by atoms with Gasteiger partial charge in [-0.05, 0) is 31.0 Å². The van der Waals surface area contributed by atoms with Crippen molar-refractivity contribution in [2.75, 3.05) is 7.05 Å². The Bertz CT molecular complexity index is 473. The lowest BCUT2D eigenvalue weighted by molar-refractivity contribution is -0.142. The fourth-order valence-corrected chi connectivity index (χ4v) is 2.06. The second kappa shape index (κ2) is 6.00. The Morgan fingerprint density at radius 3 is 2.50 bits per heavy atom. The number of carbonyl (C=O) groups is 2. The van der Waals surface area contributed by atoms with E-state index in [-0.39, 0.29) is 5.91 Å². The number of nitrogens with zero attached hydrogens (tertiary/aromatic N) is 1. The molecule has 0 radical (unpaired) electrons. The summed E-state index contributed by atoms with van der Waals surface area (Å²) in [6.45, 7) is 3.67. The Hall–Kier alpha value is -1.36. The van der Waals surface area contributed by atoms with E-state index < -0.39 is 12.0 Å². The number of hydrogen-bond acceptors (Lipinski definition) is 2. The summed E-state index contributed by atoms with van der Waals surface area (Å²) in [7, 11) is 1.51. The van der Waals surface area contributed by atoms with E-state index in [0.717, 1.165) is 10.0 Å². The summed E-state index contributed by atoms with van der Waals surface area (Å²) in [5.74, 6) is -1.27. The molecule has 0 bridgehead atoms. The Balaban J connectivity index is 2.99. The van der Waals surface area contributed by atoms with E-state index in [4.69, 9.17) is 5.11 Å². The lowest BCUT2D eigenvalue weighted by Gasteiger charge is -2.24. The monoisotopic (exact) mass is 313 g/mol. The van der Waals surface area contributed by atoms with Crippen LogP contribution in [0.5, 0.6) is 0 Å². The minimum Gasteiger partial charge on any atom is -0.480 e. The number of aliphatic carboxylic acids is 1. The highest BCUT2D eigenvalue weighted by atomic mass is 79.9. The van der Waals surface area contributed by atoms with Gasteiger partial charge in [0.05, 0.1) is 0 Å². The maximum Gasteiger partial charge on any atom is 0.326 e. The van der Waals surface area contributed by atoms with E-state index in [9.17, 15) is 9.59 Å². The zero-order chi connectivity index (χ0) is 13.9. The zero-order valence-corrected chi connectivity index (χ0v) is 12.2. The van der Waals surface area contributed by atoms with Gasteiger partial charge in [-0.2, -0.15) is 0 Å². The first-order chi connectivity index (χ1) is 8.38. The molecule has 0 aliphatic rings. The van der Waals surface area contributed by atoms with Crippen LogP contribution in [0.3, 0.4) is 0 Å². The van der Waals surface area contributed by atoms with Gasteiger partial charge in [-0.15, -0.1) is 0 Å². The molecule has 0 aliphatic heterocycles. The zero-order valence-electron chi connectivity index (χ0n) is 10.6. The number of benzene rings is 1. The van der Waals surface area contributed by atoms with Gasteiger partial charge < -0.3 is 10.0 Å². The quantitative estimate of drug-likeness (QED) is 0.929. The topological polar surface area (TPSA) is 57.6 Å². The Morgan fingerprint density at radius 2 is 2.06 bits per heavy atom. The normalized spacial score (nSPS) is 12.0. The molecule has 0 saturated heterocycles. The van der Waals surface area contributed by atoms with Gasteiger partial charge >= 0.3 is 5.97 Å². The summed E-state index contributed by atoms with van der Waals surface area (Å²) in [6.07, 6.45) is 0.380. The van der Waals surface area contributed by atoms with Gasteiger partial charge in [0.2, 0.25) is 0 Å². The average molecular weight is 314 g/mol. The number of carboxylic acids is 1. The third-order valence-electron chi connectivity index (χ3n) is 2.88. The van der Waals surface area contributed by atoms with Crippen molar-refractivity contribution < 1.29 is 14.7 Å². The van der Waals surface area contributed by atoms with E-state index in [1.807, 2.05) is 13.0 Å². The number of carboxylic acid groups (broad SMARTS) is 1. The molecule has 0 heterocycles. The molecule has 0 spiro atoms. The van der Waals surface area contributed by atoms with Gasteiger partial charge in [0.15, 0.2) is 0 Å². The lowest BCUT2D eigenvalue weighted by atomic mass is 10.1. The minimum atomic E-state index is -0.987. The summed E-state index contributed by atoms with van der Waals surface area (Å²) in [4.78, 5) is 24.4. The highest BCUT2D eigenvalue weighted by molar-refractivity contribution is 9.10. The Kier molecular flexibility index (Phi) is 4.90. The number of aryl methyl sites for hydroxylation is 1. The van der Waals surface area contributed by atoms with Gasteiger partial charge in [-0.25, -0.2) is 4.79 Å². The number of carbonyl (C=O) groups excluding carboxylic acids is 1. The number of rotatable bonds is 4. The van der Waals surface area contributed by atoms with Crippen LogP contribution in [-0.2, 0) is 4.79 Å². The first-order valence-electron chi connectivity index (χ1n) is 5.64. The van der Waals surface area contributed by atoms with Crippen LogP contribution in [-0.4, -0.2) is 35.0 Å². The standard InChI is InChI=1S/C13H16BrNO3/c1-4-11(13(17)18)15(3)12(16)9-6-5-8(2)10(14)7-9/h5-7,11H,4H2,1-3H3,(H,17,18). The summed E-state index contributed by atoms with van der Waals surface area (Å²) in [5, 5.41) is 9.04. The molecule has 0 fully saturated rings. The van der Waals surface area contributed by atoms with Crippen LogP contribution >= 0.6 is 15.9 Å². The van der Waals surface area contributed by atoms with Crippen LogP contribution in [0.25, 0.3) is 0 Å². The molecule has 1 amide bonds. The molecule has 0 aromatic heterocycles. The van der Waals surface area contributed by atoms with Crippen LogP contribution in [0, 0.1) is 6.92 Å².